The van der Waals surface area contributed by atoms with Gasteiger partial charge in [0.05, 0.1) is 40.9 Å². The first-order valence-electron chi connectivity index (χ1n) is 10.6. The normalized spacial score (nSPS) is 20.0. The van der Waals surface area contributed by atoms with Gasteiger partial charge in [0, 0.05) is 6.20 Å². The average Bonchev–Trinajstić information content (AvgIpc) is 3.31. The van der Waals surface area contributed by atoms with Gasteiger partial charge in [-0.3, -0.25) is 4.98 Å². The van der Waals surface area contributed by atoms with Gasteiger partial charge >= 0.3 is 0 Å². The standard InChI is InChI=1S/C24H21F2N5O2/c1-13-6-7-24(2,20-10-27-9-19(29-20)23-28-14(11-32)12-33-23)22-15(13)8-18(30-31-22)21-16(25)4-3-5-17(21)26/h3-5,8-10,12-13,32H,6-7,11H2,1-2H3/t13-,24+/m0/s1. The highest BCUT2D eigenvalue weighted by molar-refractivity contribution is 5.62. The lowest BCUT2D eigenvalue weighted by Crippen LogP contribution is -2.33. The number of hydrogen-bond acceptors (Lipinski definition) is 7. The van der Waals surface area contributed by atoms with Crippen molar-refractivity contribution in [2.45, 2.75) is 44.6 Å². The Morgan fingerprint density at radius 2 is 1.91 bits per heavy atom. The van der Waals surface area contributed by atoms with Gasteiger partial charge in [-0.2, -0.15) is 5.10 Å². The van der Waals surface area contributed by atoms with Crippen molar-refractivity contribution >= 4 is 0 Å². The third-order valence-corrected chi connectivity index (χ3v) is 6.31. The minimum Gasteiger partial charge on any atom is -0.443 e. The Balaban J connectivity index is 1.60. The van der Waals surface area contributed by atoms with Crippen molar-refractivity contribution < 1.29 is 18.3 Å². The Morgan fingerprint density at radius 1 is 1.12 bits per heavy atom. The molecule has 0 saturated carbocycles. The number of aliphatic hydroxyl groups is 1. The Kier molecular flexibility index (Phi) is 5.20. The summed E-state index contributed by atoms with van der Waals surface area (Å²) in [6, 6.07) is 5.46. The predicted octanol–water partition coefficient (Wildman–Crippen LogP) is 4.56. The number of aliphatic hydroxyl groups excluding tert-OH is 1. The van der Waals surface area contributed by atoms with Crippen molar-refractivity contribution in [3.8, 4) is 22.8 Å². The van der Waals surface area contributed by atoms with E-state index >= 15 is 0 Å². The van der Waals surface area contributed by atoms with Crippen LogP contribution in [0, 0.1) is 11.6 Å². The number of oxazole rings is 1. The van der Waals surface area contributed by atoms with E-state index in [9.17, 15) is 13.9 Å². The topological polar surface area (TPSA) is 97.8 Å². The molecule has 1 aliphatic carbocycles. The maximum atomic E-state index is 14.4. The molecule has 0 bridgehead atoms. The molecule has 0 spiro atoms. The molecule has 0 radical (unpaired) electrons. The Hall–Kier alpha value is -3.59. The van der Waals surface area contributed by atoms with E-state index in [1.54, 1.807) is 18.5 Å². The highest BCUT2D eigenvalue weighted by Gasteiger charge is 2.40. The second-order valence-corrected chi connectivity index (χ2v) is 8.49. The van der Waals surface area contributed by atoms with Crippen molar-refractivity contribution in [2.75, 3.05) is 0 Å². The van der Waals surface area contributed by atoms with E-state index in [1.807, 2.05) is 6.92 Å². The molecule has 3 heterocycles. The van der Waals surface area contributed by atoms with Crippen LogP contribution in [0.3, 0.4) is 0 Å². The van der Waals surface area contributed by atoms with Gasteiger partial charge in [-0.1, -0.05) is 13.0 Å². The van der Waals surface area contributed by atoms with Crippen LogP contribution in [0.2, 0.25) is 0 Å². The van der Waals surface area contributed by atoms with Gasteiger partial charge in [0.1, 0.15) is 29.3 Å². The molecule has 1 aromatic carbocycles. The summed E-state index contributed by atoms with van der Waals surface area (Å²) in [4.78, 5) is 13.3. The maximum absolute atomic E-state index is 14.4. The second kappa shape index (κ2) is 8.08. The summed E-state index contributed by atoms with van der Waals surface area (Å²) < 4.78 is 34.1. The largest absolute Gasteiger partial charge is 0.443 e. The molecule has 168 valence electrons. The summed E-state index contributed by atoms with van der Waals surface area (Å²) in [6.07, 6.45) is 6.16. The van der Waals surface area contributed by atoms with Gasteiger partial charge in [-0.25, -0.2) is 18.7 Å². The maximum Gasteiger partial charge on any atom is 0.246 e. The molecule has 4 aromatic rings. The zero-order valence-electron chi connectivity index (χ0n) is 18.1. The number of benzene rings is 1. The molecule has 0 unspecified atom stereocenters. The van der Waals surface area contributed by atoms with Crippen LogP contribution in [-0.4, -0.2) is 30.3 Å². The lowest BCUT2D eigenvalue weighted by atomic mass is 9.69. The summed E-state index contributed by atoms with van der Waals surface area (Å²) in [5, 5.41) is 17.9. The minimum absolute atomic E-state index is 0.132. The number of hydrogen-bond donors (Lipinski definition) is 1. The lowest BCUT2D eigenvalue weighted by molar-refractivity contribution is 0.276. The van der Waals surface area contributed by atoms with Crippen LogP contribution in [0.15, 0.2) is 47.3 Å². The average molecular weight is 449 g/mol. The highest BCUT2D eigenvalue weighted by atomic mass is 19.1. The molecule has 0 fully saturated rings. The van der Waals surface area contributed by atoms with E-state index in [0.29, 0.717) is 22.8 Å². The first-order valence-corrected chi connectivity index (χ1v) is 10.6. The molecule has 0 aliphatic heterocycles. The number of halogens is 2. The zero-order chi connectivity index (χ0) is 23.2. The smallest absolute Gasteiger partial charge is 0.246 e. The van der Waals surface area contributed by atoms with Crippen LogP contribution >= 0.6 is 0 Å². The number of rotatable bonds is 4. The van der Waals surface area contributed by atoms with E-state index in [1.165, 1.54) is 24.5 Å². The summed E-state index contributed by atoms with van der Waals surface area (Å²) in [5.74, 6) is -0.963. The Bertz CT molecular complexity index is 1320. The summed E-state index contributed by atoms with van der Waals surface area (Å²) in [5.41, 5.74) is 2.45. The van der Waals surface area contributed by atoms with Crippen LogP contribution in [0.4, 0.5) is 8.78 Å². The molecule has 3 aromatic heterocycles. The number of fused-ring (bicyclic) bond motifs is 1. The van der Waals surface area contributed by atoms with Crippen molar-refractivity contribution in [1.29, 1.82) is 0 Å². The van der Waals surface area contributed by atoms with Gasteiger partial charge < -0.3 is 9.52 Å². The van der Waals surface area contributed by atoms with Crippen molar-refractivity contribution in [3.05, 3.63) is 77.2 Å². The van der Waals surface area contributed by atoms with Crippen LogP contribution in [0.25, 0.3) is 22.8 Å². The SMILES string of the molecule is C[C@H]1CC[C@](C)(c2cncc(-c3nc(CO)co3)n2)c2nnc(-c3c(F)cccc3F)cc21. The fraction of sp³-hybridized carbons (Fsp3) is 0.292. The van der Waals surface area contributed by atoms with Gasteiger partial charge in [0.2, 0.25) is 5.89 Å². The fourth-order valence-electron chi connectivity index (χ4n) is 4.34. The van der Waals surface area contributed by atoms with E-state index in [0.717, 1.165) is 18.4 Å². The molecule has 5 rings (SSSR count). The summed E-state index contributed by atoms with van der Waals surface area (Å²) >= 11 is 0. The molecule has 33 heavy (non-hydrogen) atoms. The summed E-state index contributed by atoms with van der Waals surface area (Å²) in [6.45, 7) is 3.84. The van der Waals surface area contributed by atoms with E-state index in [2.05, 4.69) is 27.1 Å². The number of aromatic nitrogens is 5. The third-order valence-electron chi connectivity index (χ3n) is 6.31. The van der Waals surface area contributed by atoms with Gasteiger partial charge in [0.25, 0.3) is 0 Å². The van der Waals surface area contributed by atoms with Gasteiger partial charge in [-0.15, -0.1) is 5.10 Å². The van der Waals surface area contributed by atoms with Crippen LogP contribution < -0.4 is 0 Å². The number of nitrogens with zero attached hydrogens (tertiary/aromatic N) is 5. The molecule has 0 amide bonds. The minimum atomic E-state index is -0.678. The van der Waals surface area contributed by atoms with E-state index in [4.69, 9.17) is 9.40 Å². The molecular formula is C24H21F2N5O2. The quantitative estimate of drug-likeness (QED) is 0.488. The van der Waals surface area contributed by atoms with Crippen molar-refractivity contribution in [2.24, 2.45) is 0 Å². The van der Waals surface area contributed by atoms with Gasteiger partial charge in [-0.05, 0) is 49.4 Å². The fourth-order valence-corrected chi connectivity index (χ4v) is 4.34. The Labute approximate surface area is 188 Å². The molecular weight excluding hydrogens is 428 g/mol. The van der Waals surface area contributed by atoms with Crippen LogP contribution in [0.1, 0.15) is 55.3 Å². The molecule has 1 N–H and O–H groups in total. The molecule has 7 nitrogen and oxygen atoms in total. The van der Waals surface area contributed by atoms with E-state index in [-0.39, 0.29) is 29.7 Å². The lowest BCUT2D eigenvalue weighted by Gasteiger charge is -2.36. The van der Waals surface area contributed by atoms with Crippen LogP contribution in [-0.2, 0) is 12.0 Å². The van der Waals surface area contributed by atoms with Crippen molar-refractivity contribution in [3.63, 3.8) is 0 Å². The van der Waals surface area contributed by atoms with Crippen molar-refractivity contribution in [1.82, 2.24) is 25.1 Å². The third kappa shape index (κ3) is 3.58. The monoisotopic (exact) mass is 449 g/mol. The van der Waals surface area contributed by atoms with Gasteiger partial charge in [0.15, 0.2) is 0 Å². The van der Waals surface area contributed by atoms with E-state index < -0.39 is 17.0 Å². The predicted molar refractivity (Wildman–Crippen MR) is 115 cm³/mol. The molecule has 1 aliphatic rings. The zero-order valence-corrected chi connectivity index (χ0v) is 18.1. The first kappa shape index (κ1) is 21.3. The molecule has 9 heteroatoms. The molecule has 0 saturated heterocycles. The van der Waals surface area contributed by atoms with Crippen LogP contribution in [0.5, 0.6) is 0 Å². The summed E-state index contributed by atoms with van der Waals surface area (Å²) in [7, 11) is 0. The molecule has 2 atom stereocenters. The first-order chi connectivity index (χ1) is 15.9. The Morgan fingerprint density at radius 3 is 2.64 bits per heavy atom. The second-order valence-electron chi connectivity index (χ2n) is 8.49. The highest BCUT2D eigenvalue weighted by Crippen LogP contribution is 2.45.